The summed E-state index contributed by atoms with van der Waals surface area (Å²) in [7, 11) is -5.91. The van der Waals surface area contributed by atoms with Crippen LogP contribution in [0.25, 0.3) is 0 Å². The molecule has 0 aromatic heterocycles. The third-order valence-corrected chi connectivity index (χ3v) is 3.01. The van der Waals surface area contributed by atoms with Gasteiger partial charge >= 0.3 is 15.6 Å². The van der Waals surface area contributed by atoms with Crippen LogP contribution in [0.15, 0.2) is 29.4 Å². The zero-order valence-electron chi connectivity index (χ0n) is 12.4. The predicted molar refractivity (Wildman–Crippen MR) is 75.0 cm³/mol. The number of hydrogen-bond acceptors (Lipinski definition) is 6. The zero-order valence-corrected chi connectivity index (χ0v) is 13.2. The molecule has 0 saturated heterocycles. The van der Waals surface area contributed by atoms with E-state index in [0.717, 1.165) is 0 Å². The SMILES string of the molecule is CC(C)(C)Oc1ccc(/C(C#N)=N/OS(=O)(=O)C(F)(F)F)cc1. The summed E-state index contributed by atoms with van der Waals surface area (Å²) >= 11 is 0. The molecule has 0 bridgehead atoms. The van der Waals surface area contributed by atoms with Crippen molar-refractivity contribution in [3.05, 3.63) is 29.8 Å². The Morgan fingerprint density at radius 3 is 2.09 bits per heavy atom. The van der Waals surface area contributed by atoms with Crippen LogP contribution in [-0.4, -0.2) is 25.2 Å². The Bertz CT molecular complexity index is 726. The van der Waals surface area contributed by atoms with Gasteiger partial charge in [-0.3, -0.25) is 4.28 Å². The van der Waals surface area contributed by atoms with E-state index in [1.807, 2.05) is 20.8 Å². The fraction of sp³-hybridized carbons (Fsp3) is 0.385. The molecule has 0 fully saturated rings. The van der Waals surface area contributed by atoms with E-state index < -0.39 is 26.9 Å². The molecule has 1 rings (SSSR count). The van der Waals surface area contributed by atoms with Gasteiger partial charge in [0.05, 0.1) is 0 Å². The summed E-state index contributed by atoms with van der Waals surface area (Å²) in [5, 5.41) is 11.6. The second-order valence-electron chi connectivity index (χ2n) is 5.26. The Morgan fingerprint density at radius 2 is 1.70 bits per heavy atom. The van der Waals surface area contributed by atoms with Crippen LogP contribution in [0.5, 0.6) is 5.75 Å². The lowest BCUT2D eigenvalue weighted by atomic mass is 10.1. The Kier molecular flexibility index (Phi) is 5.27. The van der Waals surface area contributed by atoms with Crippen LogP contribution in [0.1, 0.15) is 26.3 Å². The van der Waals surface area contributed by atoms with Gasteiger partial charge in [0.25, 0.3) is 0 Å². The van der Waals surface area contributed by atoms with Crippen molar-refractivity contribution in [1.82, 2.24) is 0 Å². The van der Waals surface area contributed by atoms with Crippen LogP contribution in [0.2, 0.25) is 0 Å². The fourth-order valence-electron chi connectivity index (χ4n) is 1.30. The van der Waals surface area contributed by atoms with Crippen molar-refractivity contribution in [2.75, 3.05) is 0 Å². The number of ether oxygens (including phenoxy) is 1. The molecule has 10 heteroatoms. The van der Waals surface area contributed by atoms with Crippen molar-refractivity contribution in [1.29, 1.82) is 5.26 Å². The molecule has 0 amide bonds. The van der Waals surface area contributed by atoms with Crippen molar-refractivity contribution in [2.45, 2.75) is 31.9 Å². The van der Waals surface area contributed by atoms with E-state index in [4.69, 9.17) is 10.00 Å². The molecule has 0 radical (unpaired) electrons. The molecule has 0 aliphatic rings. The molecule has 126 valence electrons. The van der Waals surface area contributed by atoms with E-state index in [9.17, 15) is 21.6 Å². The maximum atomic E-state index is 12.1. The molecule has 0 unspecified atom stereocenters. The highest BCUT2D eigenvalue weighted by molar-refractivity contribution is 7.87. The Morgan fingerprint density at radius 1 is 1.17 bits per heavy atom. The molecule has 0 N–H and O–H groups in total. The molecular weight excluding hydrogens is 337 g/mol. The van der Waals surface area contributed by atoms with E-state index in [1.165, 1.54) is 30.3 Å². The first-order valence-electron chi connectivity index (χ1n) is 6.13. The first-order chi connectivity index (χ1) is 10.4. The van der Waals surface area contributed by atoms with Crippen LogP contribution in [0.3, 0.4) is 0 Å². The lowest BCUT2D eigenvalue weighted by Gasteiger charge is -2.21. The van der Waals surface area contributed by atoms with Gasteiger partial charge in [-0.05, 0) is 45.0 Å². The average Bonchev–Trinajstić information content (AvgIpc) is 2.38. The van der Waals surface area contributed by atoms with E-state index in [0.29, 0.717) is 5.75 Å². The molecule has 23 heavy (non-hydrogen) atoms. The maximum Gasteiger partial charge on any atom is 0.536 e. The van der Waals surface area contributed by atoms with Gasteiger partial charge in [-0.25, -0.2) is 0 Å². The number of halogens is 3. The van der Waals surface area contributed by atoms with Gasteiger partial charge < -0.3 is 4.74 Å². The number of rotatable bonds is 4. The summed E-state index contributed by atoms with van der Waals surface area (Å²) in [5.41, 5.74) is -6.63. The summed E-state index contributed by atoms with van der Waals surface area (Å²) in [6.45, 7) is 5.46. The Balaban J connectivity index is 3.00. The smallest absolute Gasteiger partial charge is 0.488 e. The second kappa shape index (κ2) is 6.45. The number of hydrogen-bond donors (Lipinski definition) is 0. The highest BCUT2D eigenvalue weighted by Crippen LogP contribution is 2.25. The van der Waals surface area contributed by atoms with Gasteiger partial charge in [-0.1, -0.05) is 5.16 Å². The van der Waals surface area contributed by atoms with Crippen molar-refractivity contribution in [2.24, 2.45) is 5.16 Å². The van der Waals surface area contributed by atoms with Crippen LogP contribution in [0.4, 0.5) is 13.2 Å². The first kappa shape index (κ1) is 18.8. The van der Waals surface area contributed by atoms with Crippen LogP contribution < -0.4 is 4.74 Å². The summed E-state index contributed by atoms with van der Waals surface area (Å²) in [6.07, 6.45) is 0. The highest BCUT2D eigenvalue weighted by atomic mass is 32.2. The summed E-state index contributed by atoms with van der Waals surface area (Å²) in [5.74, 6) is 0.461. The molecule has 0 atom stereocenters. The minimum Gasteiger partial charge on any atom is -0.488 e. The third kappa shape index (κ3) is 5.45. The van der Waals surface area contributed by atoms with E-state index in [2.05, 4.69) is 9.44 Å². The molecule has 0 saturated carbocycles. The van der Waals surface area contributed by atoms with E-state index >= 15 is 0 Å². The third-order valence-electron chi connectivity index (χ3n) is 2.17. The largest absolute Gasteiger partial charge is 0.536 e. The molecule has 0 spiro atoms. The predicted octanol–water partition coefficient (Wildman–Crippen LogP) is 2.96. The van der Waals surface area contributed by atoms with Gasteiger partial charge in [-0.2, -0.15) is 26.9 Å². The minimum atomic E-state index is -5.91. The zero-order chi connectivity index (χ0) is 17.9. The fourth-order valence-corrected chi connectivity index (χ4v) is 1.56. The number of nitriles is 1. The van der Waals surface area contributed by atoms with Gasteiger partial charge in [-0.15, -0.1) is 0 Å². The number of nitrogens with zero attached hydrogens (tertiary/aromatic N) is 2. The second-order valence-corrected chi connectivity index (χ2v) is 6.79. The van der Waals surface area contributed by atoms with Gasteiger partial charge in [0, 0.05) is 5.56 Å². The molecule has 1 aromatic rings. The monoisotopic (exact) mass is 350 g/mol. The summed E-state index contributed by atoms with van der Waals surface area (Å²) in [6, 6.07) is 7.07. The summed E-state index contributed by atoms with van der Waals surface area (Å²) < 4.78 is 66.8. The van der Waals surface area contributed by atoms with E-state index in [-0.39, 0.29) is 5.56 Å². The molecular formula is C13H13F3N2O4S. The first-order valence-corrected chi connectivity index (χ1v) is 7.54. The molecule has 6 nitrogen and oxygen atoms in total. The number of oxime groups is 1. The lowest BCUT2D eigenvalue weighted by molar-refractivity contribution is -0.0540. The van der Waals surface area contributed by atoms with E-state index in [1.54, 1.807) is 0 Å². The highest BCUT2D eigenvalue weighted by Gasteiger charge is 2.49. The van der Waals surface area contributed by atoms with Gasteiger partial charge in [0.1, 0.15) is 17.4 Å². The molecule has 0 aliphatic heterocycles. The van der Waals surface area contributed by atoms with Crippen LogP contribution in [0, 0.1) is 11.3 Å². The quantitative estimate of drug-likeness (QED) is 0.473. The standard InChI is InChI=1S/C13H13F3N2O4S/c1-12(2,3)21-10-6-4-9(5-7-10)11(8-17)18-22-23(19,20)13(14,15)16/h4-7H,1-3H3/b18-11+. The minimum absolute atomic E-state index is 0.0751. The van der Waals surface area contributed by atoms with Crippen LogP contribution >= 0.6 is 0 Å². The normalized spacial score (nSPS) is 13.3. The molecule has 0 heterocycles. The van der Waals surface area contributed by atoms with Crippen molar-refractivity contribution in [3.8, 4) is 11.8 Å². The van der Waals surface area contributed by atoms with Crippen LogP contribution in [-0.2, 0) is 14.4 Å². The lowest BCUT2D eigenvalue weighted by Crippen LogP contribution is -2.24. The maximum absolute atomic E-state index is 12.1. The summed E-state index contributed by atoms with van der Waals surface area (Å²) in [4.78, 5) is 0. The average molecular weight is 350 g/mol. The topological polar surface area (TPSA) is 88.8 Å². The molecule has 1 aromatic carbocycles. The number of benzene rings is 1. The Labute approximate surface area is 131 Å². The molecule has 0 aliphatic carbocycles. The van der Waals surface area contributed by atoms with Crippen molar-refractivity contribution < 1.29 is 30.6 Å². The van der Waals surface area contributed by atoms with Gasteiger partial charge in [0.15, 0.2) is 5.71 Å². The van der Waals surface area contributed by atoms with Crippen molar-refractivity contribution >= 4 is 15.8 Å². The van der Waals surface area contributed by atoms with Gasteiger partial charge in [0.2, 0.25) is 0 Å². The Hall–Kier alpha value is -2.28. The van der Waals surface area contributed by atoms with Crippen molar-refractivity contribution in [3.63, 3.8) is 0 Å². The number of alkyl halides is 3.